The Bertz CT molecular complexity index is 4840. The summed E-state index contributed by atoms with van der Waals surface area (Å²) in [7, 11) is -7.25. The molecule has 4 aliphatic heterocycles. The zero-order valence-electron chi connectivity index (χ0n) is 83.1. The number of aliphatic hydroxyl groups is 2. The second-order valence-corrected chi connectivity index (χ2v) is 40.7. The smallest absolute Gasteiger partial charge is 0.478 e. The third-order valence-electron chi connectivity index (χ3n) is 17.9. The number of carbonyl (C=O) groups excluding carboxylic acids is 6. The number of nitrogens with zero attached hydrogens (tertiary/aromatic N) is 6. The molecule has 0 aliphatic carbocycles. The van der Waals surface area contributed by atoms with Gasteiger partial charge in [-0.25, -0.2) is 50.8 Å². The first-order valence-electron chi connectivity index (χ1n) is 45.3. The zero-order valence-corrected chi connectivity index (χ0v) is 86.9. The van der Waals surface area contributed by atoms with Crippen molar-refractivity contribution >= 4 is 120 Å². The van der Waals surface area contributed by atoms with Crippen molar-refractivity contribution in [2.24, 2.45) is 39.0 Å². The first kappa shape index (κ1) is 131. The number of esters is 1. The van der Waals surface area contributed by atoms with Crippen LogP contribution in [0.25, 0.3) is 34.4 Å². The minimum absolute atomic E-state index is 0.00390. The summed E-state index contributed by atoms with van der Waals surface area (Å²) < 4.78 is 222. The van der Waals surface area contributed by atoms with Gasteiger partial charge in [0.2, 0.25) is 26.0 Å². The van der Waals surface area contributed by atoms with E-state index in [0.29, 0.717) is 86.9 Å². The third kappa shape index (κ3) is 57.6. The Labute approximate surface area is 828 Å². The van der Waals surface area contributed by atoms with Crippen molar-refractivity contribution in [1.29, 1.82) is 0 Å². The van der Waals surface area contributed by atoms with Gasteiger partial charge in [0, 0.05) is 139 Å². The van der Waals surface area contributed by atoms with Gasteiger partial charge < -0.3 is 81.4 Å². The van der Waals surface area contributed by atoms with Gasteiger partial charge in [-0.2, -0.15) is 61.3 Å². The summed E-state index contributed by atoms with van der Waals surface area (Å²) in [5.41, 5.74) is 20.4. The van der Waals surface area contributed by atoms with E-state index in [9.17, 15) is 113 Å². The highest BCUT2D eigenvalue weighted by atomic mass is 127. The van der Waals surface area contributed by atoms with E-state index in [1.165, 1.54) is 26.4 Å². The molecule has 0 radical (unpaired) electrons. The van der Waals surface area contributed by atoms with Gasteiger partial charge in [0.25, 0.3) is 0 Å². The van der Waals surface area contributed by atoms with Gasteiger partial charge in [0.15, 0.2) is 0 Å². The van der Waals surface area contributed by atoms with Gasteiger partial charge in [-0.1, -0.05) is 106 Å². The minimum Gasteiger partial charge on any atom is -0.478 e. The van der Waals surface area contributed by atoms with Crippen LogP contribution in [0.5, 0.6) is 0 Å². The fourth-order valence-electron chi connectivity index (χ4n) is 11.5. The molecule has 0 unspecified atom stereocenters. The Hall–Kier alpha value is -9.46. The average Bonchev–Trinajstić information content (AvgIpc) is 0.855. The number of carboxylic acid groups (broad SMARTS) is 1. The number of amidine groups is 2. The molecule has 0 saturated carbocycles. The number of carboxylic acids is 1. The van der Waals surface area contributed by atoms with E-state index >= 15 is 0 Å². The number of fused-ring (bicyclic) bond motifs is 2. The highest BCUT2D eigenvalue weighted by molar-refractivity contribution is 14.1. The number of aliphatic imine (C=N–C) groups is 2. The lowest BCUT2D eigenvalue weighted by Crippen LogP contribution is -2.51. The normalized spacial score (nSPS) is 14.5. The van der Waals surface area contributed by atoms with Gasteiger partial charge >= 0.3 is 61.1 Å². The minimum atomic E-state index is -4.26. The van der Waals surface area contributed by atoms with E-state index in [1.54, 1.807) is 164 Å². The molecule has 4 heterocycles. The fraction of sp³-hybridized carbons (Fsp3) is 0.606. The number of nitrogens with two attached hydrogens (primary N) is 3. The Kier molecular flexibility index (Phi) is 58.0. The Morgan fingerprint density at radius 1 is 0.493 bits per heavy atom. The Balaban J connectivity index is 0.00000168. The molecular formula is C94H142F12IN11O20S2. The summed E-state index contributed by atoms with van der Waals surface area (Å²) in [5, 5.41) is 32.4. The number of sulfonamides is 2. The molecular weight excluding hydrogens is 2020 g/mol. The summed E-state index contributed by atoms with van der Waals surface area (Å²) in [5.74, 6) is -0.569. The predicted molar refractivity (Wildman–Crippen MR) is 522 cm³/mol. The summed E-state index contributed by atoms with van der Waals surface area (Å²) in [6, 6.07) is 24.5. The quantitative estimate of drug-likeness (QED) is 0.00523. The van der Waals surface area contributed by atoms with Crippen molar-refractivity contribution in [1.82, 2.24) is 29.0 Å². The van der Waals surface area contributed by atoms with Crippen LogP contribution in [0.1, 0.15) is 220 Å². The maximum absolute atomic E-state index is 13.3. The van der Waals surface area contributed by atoms with Crippen molar-refractivity contribution in [3.8, 4) is 22.3 Å². The van der Waals surface area contributed by atoms with E-state index in [2.05, 4.69) is 73.9 Å². The number of rotatable bonds is 27. The van der Waals surface area contributed by atoms with Crippen LogP contribution in [0.3, 0.4) is 0 Å². The van der Waals surface area contributed by atoms with Crippen LogP contribution in [-0.4, -0.2) is 254 Å². The number of ether oxygens (including phenoxy) is 6. The number of halogens is 13. The number of benzene rings is 4. The van der Waals surface area contributed by atoms with Crippen molar-refractivity contribution in [3.63, 3.8) is 0 Å². The van der Waals surface area contributed by atoms with E-state index in [1.807, 2.05) is 47.5 Å². The van der Waals surface area contributed by atoms with Crippen LogP contribution in [0.15, 0.2) is 116 Å². The van der Waals surface area contributed by atoms with Gasteiger partial charge in [-0.3, -0.25) is 9.59 Å². The lowest BCUT2D eigenvalue weighted by atomic mass is 9.98. The third-order valence-corrected chi connectivity index (χ3v) is 22.6. The fourth-order valence-corrected chi connectivity index (χ4v) is 14.8. The molecule has 140 heavy (non-hydrogen) atoms. The monoisotopic (exact) mass is 2160 g/mol. The summed E-state index contributed by atoms with van der Waals surface area (Å²) in [6.45, 7) is 36.2. The molecule has 2 fully saturated rings. The lowest BCUT2D eigenvalue weighted by Gasteiger charge is -2.36. The van der Waals surface area contributed by atoms with E-state index < -0.39 is 130 Å². The first-order chi connectivity index (χ1) is 64.5. The number of alkyl halides is 13. The van der Waals surface area contributed by atoms with Gasteiger partial charge in [0.05, 0.1) is 59.3 Å². The SMILES string of the molecule is CC(C)(C)OC(=O)NCCC(F)(F)F.CC(C)(C)OC(=O)OC(=O)OC(C)(C)C.CCCI.CCCN(CCC(F)(F)F)C(=O)OC(C)(C)C.CCCN(CCC)C(=O)/C1=C/c2ccc(-c3cccc(S(=O)(=O)N4CC(CO)C4)c3)cc2N=C(N)CC1.CCCNCCC(F)(F)F.CCOC(C)=O.NC1=Nc2cc(-c3cccc(S(=O)(=O)N4CC(CO)C4)c3)ccc2C=C(C(=O)O)C1.NCCC(F)(F)F. The van der Waals surface area contributed by atoms with E-state index in [-0.39, 0.29) is 90.7 Å². The summed E-state index contributed by atoms with van der Waals surface area (Å²) >= 11 is 2.35. The number of aliphatic hydroxyl groups excluding tert-OH is 2. The first-order valence-corrected chi connectivity index (χ1v) is 49.7. The molecule has 0 spiro atoms. The highest BCUT2D eigenvalue weighted by Gasteiger charge is 2.39. The molecule has 4 aliphatic rings. The number of amides is 3. The number of nitrogens with one attached hydrogen (secondary N) is 2. The van der Waals surface area contributed by atoms with Gasteiger partial charge in [-0.15, -0.1) is 0 Å². The van der Waals surface area contributed by atoms with Crippen LogP contribution < -0.4 is 27.8 Å². The number of carbonyl (C=O) groups is 7. The summed E-state index contributed by atoms with van der Waals surface area (Å²) in [4.78, 5) is 91.3. The second kappa shape index (κ2) is 62.2. The van der Waals surface area contributed by atoms with Gasteiger partial charge in [-0.05, 0) is 210 Å². The van der Waals surface area contributed by atoms with Crippen molar-refractivity contribution in [3.05, 3.63) is 107 Å². The summed E-state index contributed by atoms with van der Waals surface area (Å²) in [6.07, 6.45) is -14.8. The topological polar surface area (TPSA) is 444 Å². The molecule has 0 aromatic heterocycles. The molecule has 0 bridgehead atoms. The van der Waals surface area contributed by atoms with E-state index in [4.69, 9.17) is 35.5 Å². The molecule has 46 heteroatoms. The molecule has 4 aromatic carbocycles. The predicted octanol–water partition coefficient (Wildman–Crippen LogP) is 19.8. The molecule has 31 nitrogen and oxygen atoms in total. The van der Waals surface area contributed by atoms with Crippen molar-refractivity contribution < 1.29 is 147 Å². The Morgan fingerprint density at radius 2 is 0.886 bits per heavy atom. The Morgan fingerprint density at radius 3 is 1.23 bits per heavy atom. The van der Waals surface area contributed by atoms with Crippen LogP contribution in [-0.2, 0) is 62.9 Å². The molecule has 796 valence electrons. The van der Waals surface area contributed by atoms with Crippen molar-refractivity contribution in [2.75, 3.05) is 103 Å². The molecule has 0 atom stereocenters. The number of aliphatic carboxylic acids is 1. The van der Waals surface area contributed by atoms with E-state index in [0.717, 1.165) is 65.1 Å². The van der Waals surface area contributed by atoms with Crippen LogP contribution >= 0.6 is 22.6 Å². The largest absolute Gasteiger partial charge is 0.519 e. The number of hydrogen-bond acceptors (Lipinski definition) is 25. The lowest BCUT2D eigenvalue weighted by molar-refractivity contribution is -0.140. The molecule has 3 amide bonds. The average molecular weight is 2170 g/mol. The van der Waals surface area contributed by atoms with Gasteiger partial charge in [0.1, 0.15) is 28.2 Å². The number of hydrogen-bond donors (Lipinski definition) is 8. The maximum Gasteiger partial charge on any atom is 0.519 e. The molecule has 8 rings (SSSR count). The van der Waals surface area contributed by atoms with Crippen LogP contribution in [0.2, 0.25) is 0 Å². The van der Waals surface area contributed by atoms with Crippen molar-refractivity contribution in [2.45, 2.75) is 266 Å². The molecule has 4 aromatic rings. The molecule has 11 N–H and O–H groups in total. The maximum atomic E-state index is 13.3. The van der Waals surface area contributed by atoms with Crippen LogP contribution in [0, 0.1) is 11.8 Å². The zero-order chi connectivity index (χ0) is 108. The molecule has 2 saturated heterocycles. The standard InChI is InChI=1S/C28H36N4O4S.C21H21N3O5S.C11H20F3NO2.C10H18O5.C8H14F3NO2.C6H12F3N.C4H8O2.C3H6F3N.C3H7I/c1-3-12-31(13-4-2)28(34)24-10-11-27(29)30-26-16-22(8-9-23(26)14-24)21-6-5-7-25(15-21)37(35,36)32-17-20(18-32)19-33;22-20-9-17(21(26)27)6-16-5-4-15(8-19(16)23-20)14-2-1-3-18(7-14)30(28,29)24-10-13(11-24)12-25;1-5-7-15(8-6-11(12,13)14)9(16)17-10(2,3)4;1-9(2,3)14-7(11)13-8(12)15-10(4,5)6;1-7(2,3)14-6(13)12-5-4-8(9,10)11;1-2-4-10-5-3-6(7,8)9;1-3-6-4(2)5;4-3(5,6)1-2-7;1-2-3-4/h5-9,14-16,20,33H,3-4,10-13,17-19H2,1-2H3,(H2,29,30);1-8,13,25H,9-12H2,(H2,22,23)(H,26,27);5-8H2,1-4H3;1-6H3;4-5H2,1-3H3,(H,12,13);10H,2-5H2,1H3;3H2,1-2H3;1-2,7H2;2-3H2,1H3/b24-14+;;;;;;;;. The van der Waals surface area contributed by atoms with Crippen LogP contribution in [0.4, 0.5) is 83.2 Å². The highest BCUT2D eigenvalue weighted by Crippen LogP contribution is 2.37. The second-order valence-electron chi connectivity index (χ2n) is 35.7. The number of alkyl carbamates (subject to hydrolysis) is 1.